The highest BCUT2D eigenvalue weighted by Crippen LogP contribution is 2.43. The number of nitrogens with one attached hydrogen (secondary N) is 1. The Balaban J connectivity index is 1.81. The minimum absolute atomic E-state index is 0.0554. The molecule has 138 valence electrons. The van der Waals surface area contributed by atoms with Gasteiger partial charge < -0.3 is 10.4 Å². The van der Waals surface area contributed by atoms with E-state index in [-0.39, 0.29) is 23.2 Å². The third-order valence-electron chi connectivity index (χ3n) is 3.78. The van der Waals surface area contributed by atoms with Crippen molar-refractivity contribution in [2.24, 2.45) is 0 Å². The predicted octanol–water partition coefficient (Wildman–Crippen LogP) is 0.396. The maximum atomic E-state index is 12.5. The van der Waals surface area contributed by atoms with Crippen molar-refractivity contribution in [1.82, 2.24) is 20.4 Å². The lowest BCUT2D eigenvalue weighted by molar-refractivity contribution is -0.150. The topological polar surface area (TPSA) is 130 Å². The molecule has 1 aromatic rings. The smallest absolute Gasteiger partial charge is 0.353 e. The van der Waals surface area contributed by atoms with Gasteiger partial charge in [0.2, 0.25) is 5.91 Å². The number of β-lactam (4-membered cyclic amide) rings is 1. The molecule has 0 saturated carbocycles. The molecule has 3 rings (SSSR count). The first-order valence-electron chi connectivity index (χ1n) is 7.42. The van der Waals surface area contributed by atoms with Gasteiger partial charge in [-0.3, -0.25) is 19.3 Å². The molecule has 1 unspecified atom stereocenters. The summed E-state index contributed by atoms with van der Waals surface area (Å²) in [4.78, 5) is 48.5. The molecule has 0 radical (unpaired) electrons. The van der Waals surface area contributed by atoms with E-state index in [0.29, 0.717) is 21.3 Å². The van der Waals surface area contributed by atoms with Crippen molar-refractivity contribution >= 4 is 68.2 Å². The number of aliphatic carboxylic acids is 1. The number of halogens is 1. The Morgan fingerprint density at radius 3 is 2.69 bits per heavy atom. The highest BCUT2D eigenvalue weighted by molar-refractivity contribution is 9.09. The number of aromatic nitrogens is 2. The van der Waals surface area contributed by atoms with Gasteiger partial charge in [-0.2, -0.15) is 0 Å². The largest absolute Gasteiger partial charge is 0.477 e. The SMILES string of the molecule is Cc1nnc(C2=C(C(=O)O)N3C(=O)C(NC(=O)CC(=O)CBr)[C@H]3SC2)s1. The number of fused-ring (bicyclic) bond motifs is 1. The van der Waals surface area contributed by atoms with Crippen LogP contribution in [0.15, 0.2) is 5.70 Å². The number of thioether (sulfide) groups is 1. The van der Waals surface area contributed by atoms with Gasteiger partial charge in [-0.1, -0.05) is 27.3 Å². The number of carbonyl (C=O) groups is 4. The second-order valence-corrected chi connectivity index (χ2v) is 8.41. The van der Waals surface area contributed by atoms with Crippen molar-refractivity contribution in [3.63, 3.8) is 0 Å². The monoisotopic (exact) mass is 460 g/mol. The van der Waals surface area contributed by atoms with Crippen LogP contribution in [-0.4, -0.2) is 66.3 Å². The number of ketones is 1. The summed E-state index contributed by atoms with van der Waals surface area (Å²) in [6.45, 7) is 1.76. The molecule has 12 heteroatoms. The van der Waals surface area contributed by atoms with Gasteiger partial charge in [0.05, 0.1) is 11.8 Å². The van der Waals surface area contributed by atoms with Crippen LogP contribution >= 0.6 is 39.0 Å². The minimum Gasteiger partial charge on any atom is -0.477 e. The molecule has 1 saturated heterocycles. The molecule has 1 fully saturated rings. The van der Waals surface area contributed by atoms with E-state index in [0.717, 1.165) is 0 Å². The van der Waals surface area contributed by atoms with E-state index in [9.17, 15) is 24.3 Å². The number of amides is 2. The Labute approximate surface area is 164 Å². The zero-order valence-electron chi connectivity index (χ0n) is 13.4. The summed E-state index contributed by atoms with van der Waals surface area (Å²) in [5.74, 6) is -2.28. The number of nitrogens with zero attached hydrogens (tertiary/aromatic N) is 3. The lowest BCUT2D eigenvalue weighted by Crippen LogP contribution is -2.70. The van der Waals surface area contributed by atoms with Gasteiger partial charge in [0.15, 0.2) is 5.78 Å². The molecule has 2 atom stereocenters. The van der Waals surface area contributed by atoms with Crippen molar-refractivity contribution in [3.8, 4) is 0 Å². The number of carboxylic acids is 1. The Morgan fingerprint density at radius 2 is 2.12 bits per heavy atom. The van der Waals surface area contributed by atoms with E-state index in [1.165, 1.54) is 28.0 Å². The number of alkyl halides is 1. The van der Waals surface area contributed by atoms with Crippen LogP contribution in [0.4, 0.5) is 0 Å². The van der Waals surface area contributed by atoms with E-state index in [1.807, 2.05) is 0 Å². The fraction of sp³-hybridized carbons (Fsp3) is 0.429. The summed E-state index contributed by atoms with van der Waals surface area (Å²) in [5.41, 5.74) is 0.314. The van der Waals surface area contributed by atoms with Crippen molar-refractivity contribution in [2.45, 2.75) is 24.8 Å². The van der Waals surface area contributed by atoms with Crippen LogP contribution in [0.1, 0.15) is 16.4 Å². The fourth-order valence-corrected chi connectivity index (χ4v) is 5.02. The maximum Gasteiger partial charge on any atom is 0.353 e. The van der Waals surface area contributed by atoms with Crippen molar-refractivity contribution in [3.05, 3.63) is 15.7 Å². The number of rotatable bonds is 6. The van der Waals surface area contributed by atoms with Gasteiger partial charge >= 0.3 is 5.97 Å². The number of hydrogen-bond acceptors (Lipinski definition) is 8. The van der Waals surface area contributed by atoms with Crippen LogP contribution in [0, 0.1) is 6.92 Å². The first kappa shape index (κ1) is 19.0. The van der Waals surface area contributed by atoms with Crippen LogP contribution in [0.3, 0.4) is 0 Å². The molecular weight excluding hydrogens is 448 g/mol. The van der Waals surface area contributed by atoms with Crippen LogP contribution in [0.2, 0.25) is 0 Å². The quantitative estimate of drug-likeness (QED) is 0.354. The Hall–Kier alpha value is -1.79. The van der Waals surface area contributed by atoms with Crippen molar-refractivity contribution in [1.29, 1.82) is 0 Å². The second kappa shape index (κ2) is 7.45. The van der Waals surface area contributed by atoms with Crippen LogP contribution < -0.4 is 5.32 Å². The molecule has 0 aliphatic carbocycles. The van der Waals surface area contributed by atoms with Gasteiger partial charge in [-0.25, -0.2) is 4.79 Å². The zero-order valence-corrected chi connectivity index (χ0v) is 16.6. The van der Waals surface area contributed by atoms with E-state index in [2.05, 4.69) is 31.4 Å². The summed E-state index contributed by atoms with van der Waals surface area (Å²) < 4.78 is 0. The van der Waals surface area contributed by atoms with E-state index in [1.54, 1.807) is 6.92 Å². The average molecular weight is 461 g/mol. The Morgan fingerprint density at radius 1 is 1.38 bits per heavy atom. The lowest BCUT2D eigenvalue weighted by atomic mass is 10.0. The molecule has 0 aromatic carbocycles. The van der Waals surface area contributed by atoms with Gasteiger partial charge in [0.25, 0.3) is 5.91 Å². The highest BCUT2D eigenvalue weighted by Gasteiger charge is 2.54. The molecule has 1 aromatic heterocycles. The summed E-state index contributed by atoms with van der Waals surface area (Å²) in [6, 6.07) is -0.845. The summed E-state index contributed by atoms with van der Waals surface area (Å²) in [6.07, 6.45) is -0.330. The average Bonchev–Trinajstić information content (AvgIpc) is 3.04. The van der Waals surface area contributed by atoms with E-state index < -0.39 is 29.2 Å². The number of Topliss-reactive ketones (excluding diaryl/α,β-unsaturated/α-hetero) is 1. The Kier molecular flexibility index (Phi) is 5.44. The molecule has 9 nitrogen and oxygen atoms in total. The number of aryl methyl sites for hydroxylation is 1. The molecule has 0 bridgehead atoms. The molecule has 2 amide bonds. The maximum absolute atomic E-state index is 12.5. The number of hydrogen-bond donors (Lipinski definition) is 2. The van der Waals surface area contributed by atoms with Crippen LogP contribution in [-0.2, 0) is 19.2 Å². The predicted molar refractivity (Wildman–Crippen MR) is 97.6 cm³/mol. The normalized spacial score (nSPS) is 21.9. The zero-order chi connectivity index (χ0) is 19.0. The van der Waals surface area contributed by atoms with Gasteiger partial charge in [-0.05, 0) is 6.92 Å². The first-order valence-corrected chi connectivity index (χ1v) is 10.4. The third kappa shape index (κ3) is 3.40. The molecular formula is C14H13BrN4O5S2. The van der Waals surface area contributed by atoms with Gasteiger partial charge in [0, 0.05) is 11.3 Å². The summed E-state index contributed by atoms with van der Waals surface area (Å²) in [7, 11) is 0. The van der Waals surface area contributed by atoms with Crippen molar-refractivity contribution in [2.75, 3.05) is 11.1 Å². The lowest BCUT2D eigenvalue weighted by Gasteiger charge is -2.49. The van der Waals surface area contributed by atoms with E-state index in [4.69, 9.17) is 0 Å². The second-order valence-electron chi connectivity index (χ2n) is 5.56. The van der Waals surface area contributed by atoms with Crippen LogP contribution in [0.5, 0.6) is 0 Å². The molecule has 0 spiro atoms. The van der Waals surface area contributed by atoms with Gasteiger partial charge in [0.1, 0.15) is 27.1 Å². The first-order chi connectivity index (χ1) is 12.3. The van der Waals surface area contributed by atoms with E-state index >= 15 is 0 Å². The number of carboxylic acid groups (broad SMARTS) is 1. The standard InChI is InChI=1S/C14H13BrN4O5S2/c1-5-17-18-11(26-5)7-4-25-13-9(16-8(21)2-6(20)3-15)12(22)19(13)10(7)14(23)24/h9,13H,2-4H2,1H3,(H,16,21)(H,23,24)/t9?,13-/m1/s1. The molecule has 3 heterocycles. The Bertz CT molecular complexity index is 839. The van der Waals surface area contributed by atoms with Crippen LogP contribution in [0.25, 0.3) is 5.57 Å². The molecule has 26 heavy (non-hydrogen) atoms. The molecule has 2 N–H and O–H groups in total. The molecule has 2 aliphatic heterocycles. The minimum atomic E-state index is -1.23. The van der Waals surface area contributed by atoms with Gasteiger partial charge in [-0.15, -0.1) is 22.0 Å². The number of carbonyl (C=O) groups excluding carboxylic acids is 3. The summed E-state index contributed by atoms with van der Waals surface area (Å²) >= 11 is 5.57. The van der Waals surface area contributed by atoms with Crippen molar-refractivity contribution < 1.29 is 24.3 Å². The third-order valence-corrected chi connectivity index (χ3v) is 6.58. The highest BCUT2D eigenvalue weighted by atomic mass is 79.9. The fourth-order valence-electron chi connectivity index (χ4n) is 2.65. The summed E-state index contributed by atoms with van der Waals surface area (Å²) in [5, 5.41) is 20.7. The molecule has 2 aliphatic rings.